The number of nitrogens with zero attached hydrogens (tertiary/aromatic N) is 2. The van der Waals surface area contributed by atoms with Crippen LogP contribution in [0.25, 0.3) is 0 Å². The summed E-state index contributed by atoms with van der Waals surface area (Å²) in [7, 11) is 1.56. The Balaban J connectivity index is 2.31. The SMILES string of the molecule is Cc1cnc2c(c1)CO[P+](S)(N(C)C)O2. The van der Waals surface area contributed by atoms with Gasteiger partial charge in [-0.15, -0.1) is 4.67 Å². The Bertz CT molecular complexity index is 388. The van der Waals surface area contributed by atoms with E-state index in [0.29, 0.717) is 12.5 Å². The highest BCUT2D eigenvalue weighted by Gasteiger charge is 2.48. The van der Waals surface area contributed by atoms with Gasteiger partial charge in [0.1, 0.15) is 6.61 Å². The molecule has 1 atom stereocenters. The molecule has 0 saturated heterocycles. The second-order valence-corrected chi connectivity index (χ2v) is 7.42. The van der Waals surface area contributed by atoms with E-state index >= 15 is 0 Å². The highest BCUT2D eigenvalue weighted by molar-refractivity contribution is 8.48. The predicted octanol–water partition coefficient (Wildman–Crippen LogP) is 2.47. The van der Waals surface area contributed by atoms with Crippen molar-refractivity contribution in [2.24, 2.45) is 0 Å². The van der Waals surface area contributed by atoms with E-state index in [1.165, 1.54) is 0 Å². The lowest BCUT2D eigenvalue weighted by Gasteiger charge is -2.26. The number of hydrogen-bond donors (Lipinski definition) is 1. The molecule has 0 spiro atoms. The van der Waals surface area contributed by atoms with Gasteiger partial charge in [-0.3, -0.25) is 4.52 Å². The van der Waals surface area contributed by atoms with Crippen LogP contribution in [0.2, 0.25) is 0 Å². The number of hydrogen-bond acceptors (Lipinski definition) is 5. The molecular formula is C9H14N2O2PS+. The summed E-state index contributed by atoms with van der Waals surface area (Å²) in [4.78, 5) is 4.25. The molecule has 15 heavy (non-hydrogen) atoms. The summed E-state index contributed by atoms with van der Waals surface area (Å²) < 4.78 is 13.2. The fraction of sp³-hybridized carbons (Fsp3) is 0.444. The van der Waals surface area contributed by atoms with Crippen LogP contribution in [0.3, 0.4) is 0 Å². The Morgan fingerprint density at radius 3 is 2.93 bits per heavy atom. The maximum Gasteiger partial charge on any atom is 0.459 e. The first-order valence-electron chi connectivity index (χ1n) is 4.60. The minimum atomic E-state index is -2.22. The van der Waals surface area contributed by atoms with Crippen LogP contribution in [0.5, 0.6) is 5.88 Å². The second-order valence-electron chi connectivity index (χ2n) is 3.68. The number of aromatic nitrogens is 1. The van der Waals surface area contributed by atoms with Gasteiger partial charge in [0.05, 0.1) is 17.8 Å². The Morgan fingerprint density at radius 2 is 2.27 bits per heavy atom. The van der Waals surface area contributed by atoms with Gasteiger partial charge >= 0.3 is 7.07 Å². The molecule has 1 aromatic heterocycles. The molecule has 1 aliphatic rings. The zero-order chi connectivity index (χ0) is 11.1. The third-order valence-electron chi connectivity index (χ3n) is 2.16. The largest absolute Gasteiger partial charge is 0.459 e. The van der Waals surface area contributed by atoms with Gasteiger partial charge in [-0.25, -0.2) is 4.98 Å². The van der Waals surface area contributed by atoms with Crippen LogP contribution in [0, 0.1) is 6.92 Å². The van der Waals surface area contributed by atoms with Crippen molar-refractivity contribution >= 4 is 19.3 Å². The zero-order valence-corrected chi connectivity index (χ0v) is 10.8. The highest BCUT2D eigenvalue weighted by Crippen LogP contribution is 2.68. The van der Waals surface area contributed by atoms with Gasteiger partial charge in [-0.2, -0.15) is 4.52 Å². The van der Waals surface area contributed by atoms with Crippen molar-refractivity contribution in [3.8, 4) is 5.88 Å². The Kier molecular flexibility index (Phi) is 2.90. The average Bonchev–Trinajstić information content (AvgIpc) is 2.18. The summed E-state index contributed by atoms with van der Waals surface area (Å²) in [6.45, 7) is 2.51. The molecule has 1 aromatic rings. The van der Waals surface area contributed by atoms with E-state index in [2.05, 4.69) is 17.2 Å². The van der Waals surface area contributed by atoms with Gasteiger partial charge in [0.15, 0.2) is 0 Å². The van der Waals surface area contributed by atoms with Gasteiger partial charge in [0, 0.05) is 20.3 Å². The van der Waals surface area contributed by atoms with Crippen LogP contribution in [-0.2, 0) is 11.1 Å². The Labute approximate surface area is 95.3 Å². The molecule has 0 radical (unpaired) electrons. The fourth-order valence-corrected chi connectivity index (χ4v) is 2.84. The Hall–Kier alpha value is -0.350. The van der Waals surface area contributed by atoms with Crippen LogP contribution in [0.1, 0.15) is 11.1 Å². The maximum absolute atomic E-state index is 5.70. The van der Waals surface area contributed by atoms with Crippen LogP contribution in [0.4, 0.5) is 0 Å². The normalized spacial score (nSPS) is 24.9. The first-order chi connectivity index (χ1) is 7.01. The summed E-state index contributed by atoms with van der Waals surface area (Å²) in [5, 5.41) is 0. The topological polar surface area (TPSA) is 34.6 Å². The van der Waals surface area contributed by atoms with Gasteiger partial charge in [0.2, 0.25) is 0 Å². The quantitative estimate of drug-likeness (QED) is 0.609. The molecule has 0 bridgehead atoms. The minimum absolute atomic E-state index is 0.513. The molecule has 0 amide bonds. The van der Waals surface area contributed by atoms with Crippen molar-refractivity contribution < 1.29 is 9.05 Å². The first kappa shape index (κ1) is 11.1. The number of fused-ring (bicyclic) bond motifs is 1. The van der Waals surface area contributed by atoms with Crippen molar-refractivity contribution in [3.05, 3.63) is 23.4 Å². The van der Waals surface area contributed by atoms with Gasteiger partial charge in [0.25, 0.3) is 5.88 Å². The molecule has 0 saturated carbocycles. The average molecular weight is 245 g/mol. The van der Waals surface area contributed by atoms with E-state index in [1.54, 1.807) is 6.20 Å². The number of pyridine rings is 1. The number of aryl methyl sites for hydroxylation is 1. The van der Waals surface area contributed by atoms with Gasteiger partial charge < -0.3 is 0 Å². The van der Waals surface area contributed by atoms with Crippen LogP contribution >= 0.6 is 19.3 Å². The molecule has 4 nitrogen and oxygen atoms in total. The summed E-state index contributed by atoms with van der Waals surface area (Å²) in [6.07, 6.45) is 1.79. The zero-order valence-electron chi connectivity index (χ0n) is 8.97. The van der Waals surface area contributed by atoms with Crippen LogP contribution in [0.15, 0.2) is 12.3 Å². The Morgan fingerprint density at radius 1 is 1.53 bits per heavy atom. The second kappa shape index (κ2) is 3.91. The monoisotopic (exact) mass is 245 g/mol. The van der Waals surface area contributed by atoms with E-state index < -0.39 is 7.07 Å². The van der Waals surface area contributed by atoms with Gasteiger partial charge in [-0.1, -0.05) is 0 Å². The van der Waals surface area contributed by atoms with E-state index in [0.717, 1.165) is 11.1 Å². The molecular weight excluding hydrogens is 231 g/mol. The standard InChI is InChI=1S/C9H14N2O2PS/c1-7-4-8-6-12-14(15,11(2)3)13-9(8)10-5-7/h4-5,15H,6H2,1-3H3/q+1. The third-order valence-corrected chi connectivity index (χ3v) is 5.71. The molecule has 0 fully saturated rings. The van der Waals surface area contributed by atoms with E-state index in [1.807, 2.05) is 31.8 Å². The van der Waals surface area contributed by atoms with Gasteiger partial charge in [-0.05, 0) is 18.6 Å². The van der Waals surface area contributed by atoms with Crippen molar-refractivity contribution in [1.29, 1.82) is 0 Å². The maximum atomic E-state index is 5.70. The molecule has 2 heterocycles. The summed E-state index contributed by atoms with van der Waals surface area (Å²) in [5.74, 6) is 0.642. The first-order valence-corrected chi connectivity index (χ1v) is 7.33. The molecule has 0 N–H and O–H groups in total. The summed E-state index contributed by atoms with van der Waals surface area (Å²) >= 11 is 4.45. The van der Waals surface area contributed by atoms with Crippen molar-refractivity contribution in [3.63, 3.8) is 0 Å². The van der Waals surface area contributed by atoms with Crippen molar-refractivity contribution in [2.75, 3.05) is 14.1 Å². The smallest absolute Gasteiger partial charge is 0.266 e. The molecule has 1 unspecified atom stereocenters. The number of thiol groups is 1. The lowest BCUT2D eigenvalue weighted by Crippen LogP contribution is -2.21. The minimum Gasteiger partial charge on any atom is -0.266 e. The van der Waals surface area contributed by atoms with E-state index in [9.17, 15) is 0 Å². The molecule has 0 aliphatic carbocycles. The lowest BCUT2D eigenvalue weighted by molar-refractivity contribution is 0.238. The predicted molar refractivity (Wildman–Crippen MR) is 64.0 cm³/mol. The highest BCUT2D eigenvalue weighted by atomic mass is 32.7. The van der Waals surface area contributed by atoms with Crippen LogP contribution < -0.4 is 4.52 Å². The summed E-state index contributed by atoms with van der Waals surface area (Å²) in [5.41, 5.74) is 2.09. The molecule has 82 valence electrons. The van der Waals surface area contributed by atoms with Crippen molar-refractivity contribution in [2.45, 2.75) is 13.5 Å². The molecule has 6 heteroatoms. The van der Waals surface area contributed by atoms with E-state index in [4.69, 9.17) is 9.05 Å². The van der Waals surface area contributed by atoms with E-state index in [-0.39, 0.29) is 0 Å². The molecule has 0 aromatic carbocycles. The van der Waals surface area contributed by atoms with Crippen molar-refractivity contribution in [1.82, 2.24) is 9.65 Å². The molecule has 1 aliphatic heterocycles. The third kappa shape index (κ3) is 2.11. The lowest BCUT2D eigenvalue weighted by atomic mass is 10.2. The fourth-order valence-electron chi connectivity index (χ4n) is 1.29. The number of rotatable bonds is 1. The molecule has 2 rings (SSSR count). The summed E-state index contributed by atoms with van der Waals surface area (Å²) in [6, 6.07) is 2.02. The van der Waals surface area contributed by atoms with Crippen LogP contribution in [-0.4, -0.2) is 23.7 Å².